The Morgan fingerprint density at radius 2 is 2.07 bits per heavy atom. The predicted molar refractivity (Wildman–Crippen MR) is 118 cm³/mol. The Kier molecular flexibility index (Phi) is 7.96. The second kappa shape index (κ2) is 10.2. The zero-order valence-electron chi connectivity index (χ0n) is 15.4. The second-order valence-corrected chi connectivity index (χ2v) is 6.32. The van der Waals surface area contributed by atoms with E-state index in [2.05, 4.69) is 44.8 Å². The van der Waals surface area contributed by atoms with Gasteiger partial charge in [-0.1, -0.05) is 18.2 Å². The predicted octanol–water partition coefficient (Wildman–Crippen LogP) is 2.33. The van der Waals surface area contributed by atoms with Crippen molar-refractivity contribution in [2.75, 3.05) is 25.0 Å². The number of nitrogens with one attached hydrogen (secondary N) is 2. The molecule has 0 saturated carbocycles. The summed E-state index contributed by atoms with van der Waals surface area (Å²) in [7, 11) is 1.74. The average molecular weight is 483 g/mol. The van der Waals surface area contributed by atoms with Crippen molar-refractivity contribution in [3.63, 3.8) is 0 Å². The monoisotopic (exact) mass is 483 g/mol. The lowest BCUT2D eigenvalue weighted by Crippen LogP contribution is -2.51. The molecule has 1 aromatic heterocycles. The Hall–Kier alpha value is -2.23. The van der Waals surface area contributed by atoms with Crippen molar-refractivity contribution in [2.45, 2.75) is 25.4 Å². The molecule has 0 radical (unpaired) electrons. The molecule has 2 heterocycles. The van der Waals surface area contributed by atoms with Crippen LogP contribution in [0.5, 0.6) is 0 Å². The van der Waals surface area contributed by atoms with E-state index in [-0.39, 0.29) is 29.7 Å². The summed E-state index contributed by atoms with van der Waals surface area (Å²) in [6.07, 6.45) is 2.22. The van der Waals surface area contributed by atoms with Crippen molar-refractivity contribution < 1.29 is 9.21 Å². The first-order valence-electron chi connectivity index (χ1n) is 8.81. The number of furan rings is 1. The Balaban J connectivity index is 0.00000261. The normalized spacial score (nSPS) is 17.1. The van der Waals surface area contributed by atoms with Crippen LogP contribution in [0.2, 0.25) is 0 Å². The van der Waals surface area contributed by atoms with Crippen LogP contribution in [-0.2, 0) is 6.54 Å². The zero-order valence-corrected chi connectivity index (χ0v) is 17.7. The summed E-state index contributed by atoms with van der Waals surface area (Å²) < 4.78 is 5.38. The molecule has 146 valence electrons. The van der Waals surface area contributed by atoms with Crippen molar-refractivity contribution in [3.05, 3.63) is 54.0 Å². The van der Waals surface area contributed by atoms with Crippen molar-refractivity contribution in [3.8, 4) is 0 Å². The van der Waals surface area contributed by atoms with Gasteiger partial charge >= 0.3 is 0 Å². The largest absolute Gasteiger partial charge is 0.454 e. The van der Waals surface area contributed by atoms with Crippen LogP contribution in [0.15, 0.2) is 51.9 Å². The Morgan fingerprint density at radius 1 is 1.30 bits per heavy atom. The number of hydrogen-bond donors (Lipinski definition) is 3. The summed E-state index contributed by atoms with van der Waals surface area (Å²) in [5, 5.41) is 6.68. The van der Waals surface area contributed by atoms with Gasteiger partial charge in [-0.2, -0.15) is 0 Å². The van der Waals surface area contributed by atoms with Gasteiger partial charge in [0.2, 0.25) is 0 Å². The van der Waals surface area contributed by atoms with E-state index in [1.165, 1.54) is 5.69 Å². The number of amides is 1. The number of rotatable bonds is 5. The highest BCUT2D eigenvalue weighted by atomic mass is 127. The molecule has 1 atom stereocenters. The lowest BCUT2D eigenvalue weighted by Gasteiger charge is -2.35. The van der Waals surface area contributed by atoms with Gasteiger partial charge in [0.05, 0.1) is 6.54 Å². The van der Waals surface area contributed by atoms with Crippen molar-refractivity contribution in [1.82, 2.24) is 10.6 Å². The fourth-order valence-electron chi connectivity index (χ4n) is 3.13. The number of anilines is 1. The molecule has 0 bridgehead atoms. The van der Waals surface area contributed by atoms with E-state index < -0.39 is 5.91 Å². The van der Waals surface area contributed by atoms with Gasteiger partial charge in [-0.05, 0) is 37.1 Å². The number of para-hydroxylation sites is 1. The van der Waals surface area contributed by atoms with E-state index in [1.54, 1.807) is 19.2 Å². The number of primary amides is 1. The average Bonchev–Trinajstić information content (AvgIpc) is 3.15. The fourth-order valence-corrected chi connectivity index (χ4v) is 3.13. The number of halogens is 1. The summed E-state index contributed by atoms with van der Waals surface area (Å²) >= 11 is 0. The molecule has 7 nitrogen and oxygen atoms in total. The number of nitrogens with two attached hydrogens (primary N) is 1. The van der Waals surface area contributed by atoms with Crippen LogP contribution in [0.1, 0.15) is 29.2 Å². The Bertz CT molecular complexity index is 762. The lowest BCUT2D eigenvalue weighted by molar-refractivity contribution is 0.0972. The van der Waals surface area contributed by atoms with Crippen molar-refractivity contribution in [2.24, 2.45) is 10.7 Å². The Labute approximate surface area is 176 Å². The number of piperidine rings is 1. The molecule has 4 N–H and O–H groups in total. The van der Waals surface area contributed by atoms with Gasteiger partial charge in [0.15, 0.2) is 11.7 Å². The molecular formula is C19H26IN5O2. The van der Waals surface area contributed by atoms with Gasteiger partial charge in [0, 0.05) is 31.9 Å². The molecular weight excluding hydrogens is 457 g/mol. The fraction of sp³-hybridized carbons (Fsp3) is 0.368. The molecule has 1 fully saturated rings. The molecule has 1 aromatic carbocycles. The third-order valence-electron chi connectivity index (χ3n) is 4.44. The molecule has 1 aliphatic heterocycles. The van der Waals surface area contributed by atoms with Crippen molar-refractivity contribution >= 4 is 41.5 Å². The molecule has 1 saturated heterocycles. The van der Waals surface area contributed by atoms with Crippen LogP contribution in [0.3, 0.4) is 0 Å². The van der Waals surface area contributed by atoms with Crippen LogP contribution < -0.4 is 21.3 Å². The first-order valence-corrected chi connectivity index (χ1v) is 8.81. The van der Waals surface area contributed by atoms with E-state index >= 15 is 0 Å². The number of hydrogen-bond acceptors (Lipinski definition) is 4. The van der Waals surface area contributed by atoms with E-state index in [1.807, 2.05) is 6.07 Å². The summed E-state index contributed by atoms with van der Waals surface area (Å²) in [6, 6.07) is 14.1. The summed E-state index contributed by atoms with van der Waals surface area (Å²) in [5.41, 5.74) is 6.45. The molecule has 27 heavy (non-hydrogen) atoms. The molecule has 8 heteroatoms. The minimum atomic E-state index is -0.568. The molecule has 1 amide bonds. The number of benzene rings is 1. The first kappa shape index (κ1) is 21.1. The number of carbonyl (C=O) groups is 1. The van der Waals surface area contributed by atoms with E-state index in [0.29, 0.717) is 24.3 Å². The summed E-state index contributed by atoms with van der Waals surface area (Å²) in [4.78, 5) is 17.8. The van der Waals surface area contributed by atoms with Gasteiger partial charge in [0.1, 0.15) is 5.76 Å². The number of aliphatic imine (C=N–C) groups is 1. The maximum Gasteiger partial charge on any atom is 0.284 e. The van der Waals surface area contributed by atoms with E-state index in [9.17, 15) is 4.79 Å². The Morgan fingerprint density at radius 3 is 2.74 bits per heavy atom. The van der Waals surface area contributed by atoms with Crippen LogP contribution in [0.25, 0.3) is 0 Å². The van der Waals surface area contributed by atoms with E-state index in [0.717, 1.165) is 25.9 Å². The number of guanidine groups is 1. The third-order valence-corrected chi connectivity index (χ3v) is 4.44. The minimum absolute atomic E-state index is 0. The molecule has 1 unspecified atom stereocenters. The molecule has 0 aliphatic carbocycles. The van der Waals surface area contributed by atoms with Gasteiger partial charge in [-0.15, -0.1) is 24.0 Å². The number of nitrogens with zero attached hydrogens (tertiary/aromatic N) is 2. The standard InChI is InChI=1S/C19H25N5O2.HI/c1-21-19(22-12-16-9-10-17(26-16)18(20)25)23-14-6-5-11-24(13-14)15-7-3-2-4-8-15;/h2-4,7-10,14H,5-6,11-13H2,1H3,(H2,20,25)(H2,21,22,23);1H. The zero-order chi connectivity index (χ0) is 18.4. The lowest BCUT2D eigenvalue weighted by atomic mass is 10.1. The SMILES string of the molecule is CN=C(NCc1ccc(C(N)=O)o1)NC1CCCN(c2ccccc2)C1.I. The highest BCUT2D eigenvalue weighted by Gasteiger charge is 2.21. The highest BCUT2D eigenvalue weighted by molar-refractivity contribution is 14.0. The maximum absolute atomic E-state index is 11.1. The van der Waals surface area contributed by atoms with Gasteiger partial charge in [-0.3, -0.25) is 9.79 Å². The molecule has 2 aromatic rings. The van der Waals surface area contributed by atoms with Crippen LogP contribution in [-0.4, -0.2) is 38.0 Å². The van der Waals surface area contributed by atoms with Gasteiger partial charge in [-0.25, -0.2) is 0 Å². The number of carbonyl (C=O) groups excluding carboxylic acids is 1. The summed E-state index contributed by atoms with van der Waals surface area (Å²) in [5.74, 6) is 0.940. The minimum Gasteiger partial charge on any atom is -0.454 e. The van der Waals surface area contributed by atoms with Gasteiger partial charge in [0.25, 0.3) is 5.91 Å². The maximum atomic E-state index is 11.1. The molecule has 3 rings (SSSR count). The highest BCUT2D eigenvalue weighted by Crippen LogP contribution is 2.19. The second-order valence-electron chi connectivity index (χ2n) is 6.32. The van der Waals surface area contributed by atoms with E-state index in [4.69, 9.17) is 10.2 Å². The quantitative estimate of drug-likeness (QED) is 0.345. The smallest absolute Gasteiger partial charge is 0.284 e. The summed E-state index contributed by atoms with van der Waals surface area (Å²) in [6.45, 7) is 2.43. The van der Waals surface area contributed by atoms with Crippen LogP contribution in [0.4, 0.5) is 5.69 Å². The van der Waals surface area contributed by atoms with Crippen molar-refractivity contribution in [1.29, 1.82) is 0 Å². The molecule has 0 spiro atoms. The van der Waals surface area contributed by atoms with Crippen LogP contribution in [0, 0.1) is 0 Å². The topological polar surface area (TPSA) is 95.9 Å². The van der Waals surface area contributed by atoms with Gasteiger partial charge < -0.3 is 25.7 Å². The third kappa shape index (κ3) is 5.88. The first-order chi connectivity index (χ1) is 12.7. The van der Waals surface area contributed by atoms with Crippen LogP contribution >= 0.6 is 24.0 Å². The molecule has 1 aliphatic rings.